The molecule has 3 aromatic heterocycles. The van der Waals surface area contributed by atoms with Crippen LogP contribution in [0.1, 0.15) is 10.4 Å². The number of rotatable bonds is 3. The lowest BCUT2D eigenvalue weighted by atomic mass is 10.1. The van der Waals surface area contributed by atoms with Gasteiger partial charge in [0.2, 0.25) is 5.56 Å². The molecule has 0 radical (unpaired) electrons. The largest absolute Gasteiger partial charge is 0.322 e. The molecule has 0 aliphatic carbocycles. The number of anilines is 1. The summed E-state index contributed by atoms with van der Waals surface area (Å²) in [6.45, 7) is 0. The van der Waals surface area contributed by atoms with Gasteiger partial charge in [-0.15, -0.1) is 11.3 Å². The molecule has 2 N–H and O–H groups in total. The molecule has 0 aliphatic rings. The second-order valence-electron chi connectivity index (χ2n) is 6.47. The van der Waals surface area contributed by atoms with E-state index in [-0.39, 0.29) is 11.5 Å². The molecule has 0 saturated heterocycles. The number of fused-ring (bicyclic) bond motifs is 2. The maximum absolute atomic E-state index is 12.7. The Morgan fingerprint density at radius 3 is 2.66 bits per heavy atom. The van der Waals surface area contributed by atoms with Gasteiger partial charge in [-0.2, -0.15) is 0 Å². The van der Waals surface area contributed by atoms with Crippen molar-refractivity contribution >= 4 is 44.2 Å². The van der Waals surface area contributed by atoms with E-state index in [9.17, 15) is 9.59 Å². The van der Waals surface area contributed by atoms with Crippen LogP contribution in [0.15, 0.2) is 77.7 Å². The number of amides is 1. The van der Waals surface area contributed by atoms with E-state index >= 15 is 0 Å². The molecule has 7 heteroatoms. The van der Waals surface area contributed by atoms with E-state index in [0.29, 0.717) is 22.3 Å². The van der Waals surface area contributed by atoms with Crippen LogP contribution in [0.3, 0.4) is 0 Å². The molecule has 0 spiro atoms. The number of nitrogens with one attached hydrogen (secondary N) is 2. The molecule has 140 valence electrons. The summed E-state index contributed by atoms with van der Waals surface area (Å²) < 4.78 is 1.11. The molecule has 0 bridgehead atoms. The fraction of sp³-hybridized carbons (Fsp3) is 0. The van der Waals surface area contributed by atoms with E-state index < -0.39 is 0 Å². The molecular weight excluding hydrogens is 384 g/mol. The third-order valence-corrected chi connectivity index (χ3v) is 5.63. The Morgan fingerprint density at radius 1 is 1.00 bits per heavy atom. The standard InChI is InChI=1S/C22H14N4O2S/c27-20-11-15(14-5-1-2-6-16(14)24-20)21(28)26-19-10-9-13(12-23-19)22-25-17-7-3-4-8-18(17)29-22/h1-12H,(H,24,27)(H,23,26,28). The number of para-hydroxylation sites is 2. The molecule has 5 aromatic rings. The van der Waals surface area contributed by atoms with Gasteiger partial charge in [0.15, 0.2) is 0 Å². The molecule has 0 atom stereocenters. The lowest BCUT2D eigenvalue weighted by Crippen LogP contribution is -2.17. The minimum atomic E-state index is -0.382. The SMILES string of the molecule is O=C(Nc1ccc(-c2nc3ccccc3s2)cn1)c1cc(=O)[nH]c2ccccc12. The second kappa shape index (κ2) is 6.96. The third-order valence-electron chi connectivity index (χ3n) is 4.54. The van der Waals surface area contributed by atoms with Gasteiger partial charge >= 0.3 is 0 Å². The Hall–Kier alpha value is -3.84. The predicted octanol–water partition coefficient (Wildman–Crippen LogP) is 4.45. The fourth-order valence-corrected chi connectivity index (χ4v) is 4.12. The van der Waals surface area contributed by atoms with Gasteiger partial charge in [-0.1, -0.05) is 30.3 Å². The average Bonchev–Trinajstić information content (AvgIpc) is 3.18. The van der Waals surface area contributed by atoms with E-state index in [1.807, 2.05) is 42.5 Å². The van der Waals surface area contributed by atoms with Crippen LogP contribution in [0.5, 0.6) is 0 Å². The zero-order valence-electron chi connectivity index (χ0n) is 15.0. The number of H-pyrrole nitrogens is 1. The monoisotopic (exact) mass is 398 g/mol. The van der Waals surface area contributed by atoms with Crippen LogP contribution in [-0.2, 0) is 0 Å². The maximum Gasteiger partial charge on any atom is 0.257 e. The summed E-state index contributed by atoms with van der Waals surface area (Å²) in [5.74, 6) is 0.0248. The Balaban J connectivity index is 1.43. The summed E-state index contributed by atoms with van der Waals surface area (Å²) in [4.78, 5) is 36.3. The van der Waals surface area contributed by atoms with Crippen molar-refractivity contribution in [2.24, 2.45) is 0 Å². The van der Waals surface area contributed by atoms with Crippen LogP contribution in [0, 0.1) is 0 Å². The van der Waals surface area contributed by atoms with E-state index in [0.717, 1.165) is 20.8 Å². The van der Waals surface area contributed by atoms with Gasteiger partial charge in [-0.25, -0.2) is 9.97 Å². The molecule has 5 rings (SSSR count). The summed E-state index contributed by atoms with van der Waals surface area (Å²) in [6.07, 6.45) is 1.68. The summed E-state index contributed by atoms with van der Waals surface area (Å²) in [5.41, 5.74) is 2.43. The smallest absolute Gasteiger partial charge is 0.257 e. The molecule has 0 aliphatic heterocycles. The van der Waals surface area contributed by atoms with Gasteiger partial charge in [0.25, 0.3) is 5.91 Å². The van der Waals surface area contributed by atoms with Crippen molar-refractivity contribution in [1.82, 2.24) is 15.0 Å². The number of aromatic amines is 1. The van der Waals surface area contributed by atoms with E-state index in [4.69, 9.17) is 0 Å². The Kier molecular flexibility index (Phi) is 4.14. The highest BCUT2D eigenvalue weighted by atomic mass is 32.1. The number of hydrogen-bond donors (Lipinski definition) is 2. The zero-order chi connectivity index (χ0) is 19.8. The first-order chi connectivity index (χ1) is 14.2. The van der Waals surface area contributed by atoms with Crippen molar-refractivity contribution in [2.45, 2.75) is 0 Å². The third kappa shape index (κ3) is 3.28. The van der Waals surface area contributed by atoms with Crippen molar-refractivity contribution in [2.75, 3.05) is 5.32 Å². The maximum atomic E-state index is 12.7. The van der Waals surface area contributed by atoms with Gasteiger partial charge < -0.3 is 10.3 Å². The minimum absolute atomic E-state index is 0.307. The normalized spacial score (nSPS) is 11.0. The molecule has 2 aromatic carbocycles. The molecule has 29 heavy (non-hydrogen) atoms. The average molecular weight is 398 g/mol. The summed E-state index contributed by atoms with van der Waals surface area (Å²) in [5, 5.41) is 4.31. The van der Waals surface area contributed by atoms with Crippen molar-refractivity contribution in [1.29, 1.82) is 0 Å². The number of benzene rings is 2. The topological polar surface area (TPSA) is 87.7 Å². The summed E-state index contributed by atoms with van der Waals surface area (Å²) in [6, 6.07) is 20.0. The summed E-state index contributed by atoms with van der Waals surface area (Å²) in [7, 11) is 0. The van der Waals surface area contributed by atoms with Crippen LogP contribution < -0.4 is 10.9 Å². The summed E-state index contributed by atoms with van der Waals surface area (Å²) >= 11 is 1.59. The highest BCUT2D eigenvalue weighted by Crippen LogP contribution is 2.30. The van der Waals surface area contributed by atoms with Crippen LogP contribution >= 0.6 is 11.3 Å². The molecule has 0 unspecified atom stereocenters. The van der Waals surface area contributed by atoms with Crippen LogP contribution in [-0.4, -0.2) is 20.9 Å². The highest BCUT2D eigenvalue weighted by molar-refractivity contribution is 7.21. The van der Waals surface area contributed by atoms with Gasteiger partial charge in [0.1, 0.15) is 10.8 Å². The predicted molar refractivity (Wildman–Crippen MR) is 115 cm³/mol. The lowest BCUT2D eigenvalue weighted by Gasteiger charge is -2.07. The zero-order valence-corrected chi connectivity index (χ0v) is 15.9. The van der Waals surface area contributed by atoms with Crippen molar-refractivity contribution in [3.05, 3.63) is 88.8 Å². The number of nitrogens with zero attached hydrogens (tertiary/aromatic N) is 2. The van der Waals surface area contributed by atoms with Crippen LogP contribution in [0.2, 0.25) is 0 Å². The molecular formula is C22H14N4O2S. The Morgan fingerprint density at radius 2 is 1.83 bits per heavy atom. The lowest BCUT2D eigenvalue weighted by molar-refractivity contribution is 0.102. The minimum Gasteiger partial charge on any atom is -0.322 e. The number of carbonyl (C=O) groups excluding carboxylic acids is 1. The quantitative estimate of drug-likeness (QED) is 0.470. The van der Waals surface area contributed by atoms with E-state index in [2.05, 4.69) is 20.3 Å². The van der Waals surface area contributed by atoms with Crippen LogP contribution in [0.25, 0.3) is 31.7 Å². The van der Waals surface area contributed by atoms with Gasteiger partial charge in [-0.05, 0) is 30.3 Å². The van der Waals surface area contributed by atoms with E-state index in [1.165, 1.54) is 6.07 Å². The first-order valence-electron chi connectivity index (χ1n) is 8.93. The van der Waals surface area contributed by atoms with Crippen molar-refractivity contribution < 1.29 is 4.79 Å². The second-order valence-corrected chi connectivity index (χ2v) is 7.50. The molecule has 0 fully saturated rings. The molecule has 1 amide bonds. The van der Waals surface area contributed by atoms with Crippen molar-refractivity contribution in [3.63, 3.8) is 0 Å². The molecule has 0 saturated carbocycles. The van der Waals surface area contributed by atoms with Gasteiger partial charge in [0, 0.05) is 28.7 Å². The number of thiazole rings is 1. The first-order valence-corrected chi connectivity index (χ1v) is 9.74. The number of aromatic nitrogens is 3. The fourth-order valence-electron chi connectivity index (χ4n) is 3.17. The highest BCUT2D eigenvalue weighted by Gasteiger charge is 2.13. The van der Waals surface area contributed by atoms with E-state index in [1.54, 1.807) is 35.7 Å². The van der Waals surface area contributed by atoms with Crippen molar-refractivity contribution in [3.8, 4) is 10.6 Å². The Labute approximate surface area is 168 Å². The number of pyridine rings is 2. The molecule has 6 nitrogen and oxygen atoms in total. The Bertz CT molecular complexity index is 1390. The first kappa shape index (κ1) is 17.3. The molecule has 3 heterocycles. The van der Waals surface area contributed by atoms with Gasteiger partial charge in [-0.3, -0.25) is 9.59 Å². The van der Waals surface area contributed by atoms with Gasteiger partial charge in [0.05, 0.1) is 15.8 Å². The van der Waals surface area contributed by atoms with Crippen LogP contribution in [0.4, 0.5) is 5.82 Å². The number of hydrogen-bond acceptors (Lipinski definition) is 5. The number of carbonyl (C=O) groups is 1.